The molecule has 0 unspecified atom stereocenters. The number of carbonyl (C=O) groups excluding carboxylic acids is 2. The minimum absolute atomic E-state index is 0.295. The number of para-hydroxylation sites is 1. The number of hydrogen-bond acceptors (Lipinski definition) is 9. The summed E-state index contributed by atoms with van der Waals surface area (Å²) in [6.45, 7) is 5.66. The van der Waals surface area contributed by atoms with Gasteiger partial charge >= 0.3 is 6.03 Å². The van der Waals surface area contributed by atoms with Crippen molar-refractivity contribution in [1.29, 1.82) is 0 Å². The molecule has 0 spiro atoms. The number of urea groups is 1. The van der Waals surface area contributed by atoms with Crippen molar-refractivity contribution in [3.63, 3.8) is 0 Å². The number of amides is 3. The lowest BCUT2D eigenvalue weighted by Gasteiger charge is -2.19. The van der Waals surface area contributed by atoms with Crippen molar-refractivity contribution in [2.75, 3.05) is 52.4 Å². The highest BCUT2D eigenvalue weighted by atomic mass is 19.1. The molecule has 1 saturated heterocycles. The van der Waals surface area contributed by atoms with E-state index in [0.717, 1.165) is 5.69 Å². The zero-order valence-electron chi connectivity index (χ0n) is 26.1. The molecule has 13 nitrogen and oxygen atoms in total. The van der Waals surface area contributed by atoms with Gasteiger partial charge in [0.05, 0.1) is 30.6 Å². The van der Waals surface area contributed by atoms with E-state index in [2.05, 4.69) is 25.9 Å². The molecule has 1 aliphatic rings. The van der Waals surface area contributed by atoms with Crippen LogP contribution in [0.5, 0.6) is 0 Å². The molecule has 1 aliphatic heterocycles. The first-order valence-corrected chi connectivity index (χ1v) is 14.8. The molecule has 14 heteroatoms. The largest absolute Gasteiger partial charge is 0.383 e. The van der Waals surface area contributed by atoms with Crippen molar-refractivity contribution in [3.05, 3.63) is 89.3 Å². The van der Waals surface area contributed by atoms with Gasteiger partial charge in [-0.3, -0.25) is 19.9 Å². The third-order valence-electron chi connectivity index (χ3n) is 7.48. The maximum Gasteiger partial charge on any atom is 0.320 e. The summed E-state index contributed by atoms with van der Waals surface area (Å²) in [7, 11) is 3.16. The van der Waals surface area contributed by atoms with E-state index in [-0.39, 0.29) is 5.91 Å². The molecule has 0 saturated carbocycles. The second-order valence-electron chi connectivity index (χ2n) is 10.7. The SMILES string of the molecule is COCCNC(=O)c1ncc(-c2nn(-c3ccccc3)c(NC(=O)N[C@@H]3CN(CCOC)O[C@H]3c3ccnc(F)c3)c2C)cc1C. The monoisotopic (exact) mass is 632 g/mol. The average molecular weight is 633 g/mol. The number of ether oxygens (including phenoxy) is 2. The fourth-order valence-electron chi connectivity index (χ4n) is 5.22. The quantitative estimate of drug-likeness (QED) is 0.158. The fraction of sp³-hybridized carbons (Fsp3) is 0.344. The summed E-state index contributed by atoms with van der Waals surface area (Å²) < 4.78 is 25.8. The Labute approximate surface area is 266 Å². The van der Waals surface area contributed by atoms with E-state index < -0.39 is 24.1 Å². The third-order valence-corrected chi connectivity index (χ3v) is 7.48. The van der Waals surface area contributed by atoms with Crippen LogP contribution >= 0.6 is 0 Å². The molecule has 1 fully saturated rings. The molecule has 242 valence electrons. The van der Waals surface area contributed by atoms with Crippen molar-refractivity contribution < 1.29 is 28.3 Å². The molecular weight excluding hydrogens is 595 g/mol. The Morgan fingerprint density at radius 2 is 1.85 bits per heavy atom. The van der Waals surface area contributed by atoms with Crippen molar-refractivity contribution in [2.24, 2.45) is 0 Å². The number of aromatic nitrogens is 4. The molecule has 3 N–H and O–H groups in total. The predicted octanol–water partition coefficient (Wildman–Crippen LogP) is 3.59. The number of methoxy groups -OCH3 is 2. The average Bonchev–Trinajstić information content (AvgIpc) is 3.60. The molecule has 5 rings (SSSR count). The Balaban J connectivity index is 1.41. The molecule has 46 heavy (non-hydrogen) atoms. The summed E-state index contributed by atoms with van der Waals surface area (Å²) in [6, 6.07) is 13.2. The van der Waals surface area contributed by atoms with Crippen molar-refractivity contribution in [3.8, 4) is 16.9 Å². The minimum atomic E-state index is -0.643. The molecule has 3 amide bonds. The van der Waals surface area contributed by atoms with Gasteiger partial charge in [-0.1, -0.05) is 18.2 Å². The van der Waals surface area contributed by atoms with Crippen molar-refractivity contribution in [2.45, 2.75) is 26.0 Å². The van der Waals surface area contributed by atoms with Gasteiger partial charge in [-0.25, -0.2) is 14.5 Å². The number of hydroxylamine groups is 2. The summed E-state index contributed by atoms with van der Waals surface area (Å²) in [5.41, 5.74) is 4.20. The Hall–Kier alpha value is -4.76. The van der Waals surface area contributed by atoms with Crippen molar-refractivity contribution >= 4 is 17.8 Å². The summed E-state index contributed by atoms with van der Waals surface area (Å²) in [5, 5.41) is 15.3. The number of aryl methyl sites for hydroxylation is 1. The van der Waals surface area contributed by atoms with Gasteiger partial charge in [0.15, 0.2) is 0 Å². The normalized spacial score (nSPS) is 16.4. The van der Waals surface area contributed by atoms with Crippen LogP contribution in [0.2, 0.25) is 0 Å². The number of pyridine rings is 2. The number of carbonyl (C=O) groups is 2. The van der Waals surface area contributed by atoms with Gasteiger partial charge in [-0.05, 0) is 55.3 Å². The number of benzene rings is 1. The third kappa shape index (κ3) is 7.54. The lowest BCUT2D eigenvalue weighted by molar-refractivity contribution is -0.154. The fourth-order valence-corrected chi connectivity index (χ4v) is 5.22. The molecule has 2 atom stereocenters. The van der Waals surface area contributed by atoms with Gasteiger partial charge in [0.25, 0.3) is 5.91 Å². The van der Waals surface area contributed by atoms with E-state index in [4.69, 9.17) is 19.4 Å². The second-order valence-corrected chi connectivity index (χ2v) is 10.7. The van der Waals surface area contributed by atoms with E-state index in [1.54, 1.807) is 36.2 Å². The summed E-state index contributed by atoms with van der Waals surface area (Å²) >= 11 is 0. The van der Waals surface area contributed by atoms with E-state index >= 15 is 0 Å². The van der Waals surface area contributed by atoms with E-state index in [0.29, 0.717) is 72.3 Å². The molecule has 0 aliphatic carbocycles. The van der Waals surface area contributed by atoms with E-state index in [1.165, 1.54) is 12.3 Å². The van der Waals surface area contributed by atoms with Crippen LogP contribution in [0.1, 0.15) is 33.3 Å². The van der Waals surface area contributed by atoms with Gasteiger partial charge in [0.2, 0.25) is 5.95 Å². The smallest absolute Gasteiger partial charge is 0.320 e. The van der Waals surface area contributed by atoms with E-state index in [1.807, 2.05) is 50.2 Å². The van der Waals surface area contributed by atoms with Crippen LogP contribution < -0.4 is 16.0 Å². The summed E-state index contributed by atoms with van der Waals surface area (Å²) in [4.78, 5) is 40.3. The first kappa shape index (κ1) is 32.6. The number of hydrogen-bond donors (Lipinski definition) is 3. The maximum absolute atomic E-state index is 14.0. The van der Waals surface area contributed by atoms with Gasteiger partial charge in [-0.2, -0.15) is 14.6 Å². The second kappa shape index (κ2) is 15.0. The number of halogens is 1. The molecule has 4 heterocycles. The van der Waals surface area contributed by atoms with Gasteiger partial charge < -0.3 is 20.1 Å². The maximum atomic E-state index is 14.0. The zero-order chi connectivity index (χ0) is 32.6. The van der Waals surface area contributed by atoms with Gasteiger partial charge in [0, 0.05) is 57.4 Å². The highest BCUT2D eigenvalue weighted by Gasteiger charge is 2.37. The zero-order valence-corrected chi connectivity index (χ0v) is 26.1. The predicted molar refractivity (Wildman–Crippen MR) is 168 cm³/mol. The van der Waals surface area contributed by atoms with Crippen LogP contribution in [-0.2, 0) is 14.3 Å². The highest BCUT2D eigenvalue weighted by Crippen LogP contribution is 2.32. The van der Waals surface area contributed by atoms with Crippen LogP contribution in [0.15, 0.2) is 60.9 Å². The Kier molecular flexibility index (Phi) is 10.6. The van der Waals surface area contributed by atoms with E-state index in [9.17, 15) is 14.0 Å². The highest BCUT2D eigenvalue weighted by molar-refractivity contribution is 5.94. The molecular formula is C32H37FN8O5. The van der Waals surface area contributed by atoms with Crippen molar-refractivity contribution in [1.82, 2.24) is 35.4 Å². The van der Waals surface area contributed by atoms with Gasteiger partial charge in [0.1, 0.15) is 17.6 Å². The topological polar surface area (TPSA) is 145 Å². The van der Waals surface area contributed by atoms with Crippen LogP contribution in [0.4, 0.5) is 15.0 Å². The Morgan fingerprint density at radius 1 is 1.07 bits per heavy atom. The Morgan fingerprint density at radius 3 is 2.57 bits per heavy atom. The van der Waals surface area contributed by atoms with Crippen LogP contribution in [0, 0.1) is 19.8 Å². The number of anilines is 1. The van der Waals surface area contributed by atoms with Crippen LogP contribution in [-0.4, -0.2) is 89.9 Å². The molecule has 3 aromatic heterocycles. The first-order chi connectivity index (χ1) is 22.3. The Bertz CT molecular complexity index is 1670. The molecule has 4 aromatic rings. The molecule has 0 radical (unpaired) electrons. The minimum Gasteiger partial charge on any atom is -0.383 e. The molecule has 1 aromatic carbocycles. The number of rotatable bonds is 12. The summed E-state index contributed by atoms with van der Waals surface area (Å²) in [6.07, 6.45) is 2.31. The first-order valence-electron chi connectivity index (χ1n) is 14.8. The lowest BCUT2D eigenvalue weighted by Crippen LogP contribution is -2.42. The number of nitrogens with one attached hydrogen (secondary N) is 3. The van der Waals surface area contributed by atoms with Crippen LogP contribution in [0.25, 0.3) is 16.9 Å². The van der Waals surface area contributed by atoms with Crippen LogP contribution in [0.3, 0.4) is 0 Å². The lowest BCUT2D eigenvalue weighted by atomic mass is 10.0. The summed E-state index contributed by atoms with van der Waals surface area (Å²) in [5.74, 6) is -0.491. The standard InChI is InChI=1S/C32H37FN8O5/c1-20-16-23(18-36-27(20)31(42)35-12-14-44-3)28-21(2)30(41(39-28)24-8-6-5-7-9-24)38-32(43)37-25-19-40(13-15-45-4)46-29(25)22-10-11-34-26(33)17-22/h5-11,16-18,25,29H,12-15,19H2,1-4H3,(H,35,42)(H2,37,38,43)/t25-,29+/m1/s1. The van der Waals surface area contributed by atoms with Gasteiger partial charge in [-0.15, -0.1) is 0 Å². The number of nitrogens with zero attached hydrogens (tertiary/aromatic N) is 5. The molecule has 0 bridgehead atoms.